The van der Waals surface area contributed by atoms with Crippen LogP contribution in [0.4, 0.5) is 0 Å². The Labute approximate surface area is 113 Å². The quantitative estimate of drug-likeness (QED) is 0.754. The summed E-state index contributed by atoms with van der Waals surface area (Å²) in [4.78, 5) is 11.9. The Morgan fingerprint density at radius 3 is 2.58 bits per heavy atom. The van der Waals surface area contributed by atoms with Crippen LogP contribution in [0.1, 0.15) is 25.7 Å². The topological polar surface area (TPSA) is 75.7 Å². The Kier molecular flexibility index (Phi) is 3.53. The van der Waals surface area contributed by atoms with E-state index in [1.54, 1.807) is 0 Å². The zero-order chi connectivity index (χ0) is 13.5. The number of ether oxygens (including phenoxy) is 1. The predicted molar refractivity (Wildman–Crippen MR) is 69.0 cm³/mol. The molecule has 1 amide bonds. The zero-order valence-corrected chi connectivity index (χ0v) is 11.7. The Balaban J connectivity index is 1.41. The Morgan fingerprint density at radius 2 is 2.00 bits per heavy atom. The molecule has 0 aromatic heterocycles. The van der Waals surface area contributed by atoms with Crippen LogP contribution in [0.2, 0.25) is 0 Å². The molecule has 19 heavy (non-hydrogen) atoms. The summed E-state index contributed by atoms with van der Waals surface area (Å²) in [6.07, 6.45) is 3.73. The van der Waals surface area contributed by atoms with Crippen LogP contribution in [0.25, 0.3) is 0 Å². The van der Waals surface area contributed by atoms with E-state index < -0.39 is 10.0 Å². The summed E-state index contributed by atoms with van der Waals surface area (Å²) in [7, 11) is -3.10. The molecular formula is C12H20N2O4S. The van der Waals surface area contributed by atoms with Crippen LogP contribution >= 0.6 is 0 Å². The number of nitrogens with zero attached hydrogens (tertiary/aromatic N) is 1. The van der Waals surface area contributed by atoms with Gasteiger partial charge in [0.2, 0.25) is 15.9 Å². The van der Waals surface area contributed by atoms with E-state index in [1.165, 1.54) is 4.31 Å². The molecule has 2 aliphatic heterocycles. The number of hydrogen-bond donors (Lipinski definition) is 1. The van der Waals surface area contributed by atoms with Gasteiger partial charge in [0, 0.05) is 26.2 Å². The van der Waals surface area contributed by atoms with Gasteiger partial charge in [-0.1, -0.05) is 0 Å². The molecule has 3 fully saturated rings. The third kappa shape index (κ3) is 2.78. The number of carbonyl (C=O) groups excluding carboxylic acids is 1. The smallest absolute Gasteiger partial charge is 0.225 e. The van der Waals surface area contributed by atoms with Gasteiger partial charge in [0.1, 0.15) is 0 Å². The van der Waals surface area contributed by atoms with Gasteiger partial charge >= 0.3 is 0 Å². The van der Waals surface area contributed by atoms with E-state index >= 15 is 0 Å². The summed E-state index contributed by atoms with van der Waals surface area (Å²) in [5.74, 6) is -0.229. The molecule has 1 N–H and O–H groups in total. The van der Waals surface area contributed by atoms with Crippen LogP contribution in [0.3, 0.4) is 0 Å². The molecule has 1 aliphatic carbocycles. The molecule has 1 atom stereocenters. The highest BCUT2D eigenvalue weighted by molar-refractivity contribution is 7.90. The zero-order valence-electron chi connectivity index (χ0n) is 10.9. The van der Waals surface area contributed by atoms with Crippen molar-refractivity contribution in [2.75, 3.05) is 26.2 Å². The third-order valence-corrected chi connectivity index (χ3v) is 6.38. The predicted octanol–water partition coefficient (Wildman–Crippen LogP) is -0.294. The van der Waals surface area contributed by atoms with Gasteiger partial charge in [-0.25, -0.2) is 8.42 Å². The average molecular weight is 288 g/mol. The molecule has 0 spiro atoms. The van der Waals surface area contributed by atoms with Gasteiger partial charge in [-0.15, -0.1) is 0 Å². The third-order valence-electron chi connectivity index (χ3n) is 4.05. The van der Waals surface area contributed by atoms with E-state index in [4.69, 9.17) is 4.74 Å². The first-order valence-electron chi connectivity index (χ1n) is 6.95. The van der Waals surface area contributed by atoms with Gasteiger partial charge in [0.05, 0.1) is 17.3 Å². The molecule has 3 aliphatic rings. The van der Waals surface area contributed by atoms with Crippen LogP contribution < -0.4 is 5.32 Å². The van der Waals surface area contributed by atoms with Crippen molar-refractivity contribution in [1.29, 1.82) is 0 Å². The SMILES string of the molecule is O=C(NC[C@H]1CCCO1)C1CN(S(=O)(=O)C2CC2)C1. The highest BCUT2D eigenvalue weighted by Gasteiger charge is 2.46. The molecule has 2 heterocycles. The molecule has 1 saturated carbocycles. The van der Waals surface area contributed by atoms with Gasteiger partial charge in [-0.05, 0) is 25.7 Å². The molecule has 7 heteroatoms. The maximum atomic E-state index is 11.9. The summed E-state index contributed by atoms with van der Waals surface area (Å²) in [6, 6.07) is 0. The van der Waals surface area contributed by atoms with Crippen LogP contribution in [0.5, 0.6) is 0 Å². The lowest BCUT2D eigenvalue weighted by Gasteiger charge is -2.37. The fourth-order valence-corrected chi connectivity index (χ4v) is 4.48. The van der Waals surface area contributed by atoms with Crippen molar-refractivity contribution in [3.63, 3.8) is 0 Å². The summed E-state index contributed by atoms with van der Waals surface area (Å²) < 4.78 is 30.6. The lowest BCUT2D eigenvalue weighted by Crippen LogP contribution is -2.56. The molecule has 108 valence electrons. The minimum Gasteiger partial charge on any atom is -0.376 e. The van der Waals surface area contributed by atoms with Crippen molar-refractivity contribution in [2.24, 2.45) is 5.92 Å². The molecule has 0 aromatic carbocycles. The first-order chi connectivity index (χ1) is 9.07. The number of hydrogen-bond acceptors (Lipinski definition) is 4. The minimum absolute atomic E-state index is 0.0438. The second-order valence-electron chi connectivity index (χ2n) is 5.64. The fraction of sp³-hybridized carbons (Fsp3) is 0.917. The first kappa shape index (κ1) is 13.3. The van der Waals surface area contributed by atoms with Gasteiger partial charge in [-0.2, -0.15) is 4.31 Å². The van der Waals surface area contributed by atoms with Crippen molar-refractivity contribution in [2.45, 2.75) is 37.0 Å². The van der Waals surface area contributed by atoms with Gasteiger partial charge in [-0.3, -0.25) is 4.79 Å². The van der Waals surface area contributed by atoms with E-state index in [9.17, 15) is 13.2 Å². The highest BCUT2D eigenvalue weighted by atomic mass is 32.2. The van der Waals surface area contributed by atoms with Crippen LogP contribution in [-0.2, 0) is 19.6 Å². The minimum atomic E-state index is -3.10. The van der Waals surface area contributed by atoms with Crippen LogP contribution in [-0.4, -0.2) is 56.2 Å². The largest absolute Gasteiger partial charge is 0.376 e. The Morgan fingerprint density at radius 1 is 1.26 bits per heavy atom. The van der Waals surface area contributed by atoms with Gasteiger partial charge in [0.25, 0.3) is 0 Å². The van der Waals surface area contributed by atoms with E-state index in [1.807, 2.05) is 0 Å². The standard InChI is InChI=1S/C12H20N2O4S/c15-12(13-6-10-2-1-5-18-10)9-7-14(8-9)19(16,17)11-3-4-11/h9-11H,1-8H2,(H,13,15)/t10-/m1/s1. The van der Waals surface area contributed by atoms with E-state index in [0.29, 0.717) is 19.6 Å². The summed E-state index contributed by atoms with van der Waals surface area (Å²) in [5, 5.41) is 2.68. The van der Waals surface area contributed by atoms with Crippen LogP contribution in [0, 0.1) is 5.92 Å². The molecule has 0 unspecified atom stereocenters. The van der Waals surface area contributed by atoms with E-state index in [0.717, 1.165) is 32.3 Å². The fourth-order valence-electron chi connectivity index (χ4n) is 2.55. The van der Waals surface area contributed by atoms with Crippen molar-refractivity contribution >= 4 is 15.9 Å². The average Bonchev–Trinajstić information content (AvgIpc) is 3.03. The molecule has 0 radical (unpaired) electrons. The lowest BCUT2D eigenvalue weighted by atomic mass is 10.0. The molecule has 6 nitrogen and oxygen atoms in total. The Bertz CT molecular complexity index is 448. The maximum absolute atomic E-state index is 11.9. The van der Waals surface area contributed by atoms with E-state index in [2.05, 4.69) is 5.32 Å². The summed E-state index contributed by atoms with van der Waals surface area (Å²) in [6.45, 7) is 2.01. The van der Waals surface area contributed by atoms with E-state index in [-0.39, 0.29) is 23.2 Å². The number of rotatable bonds is 5. The van der Waals surface area contributed by atoms with Crippen molar-refractivity contribution in [1.82, 2.24) is 9.62 Å². The maximum Gasteiger partial charge on any atom is 0.225 e. The number of amides is 1. The molecule has 2 saturated heterocycles. The number of nitrogens with one attached hydrogen (secondary N) is 1. The molecule has 0 aromatic rings. The molecular weight excluding hydrogens is 268 g/mol. The molecule has 0 bridgehead atoms. The van der Waals surface area contributed by atoms with Gasteiger partial charge in [0.15, 0.2) is 0 Å². The van der Waals surface area contributed by atoms with Crippen LogP contribution in [0.15, 0.2) is 0 Å². The Hall–Kier alpha value is -0.660. The number of carbonyl (C=O) groups is 1. The van der Waals surface area contributed by atoms with Crippen molar-refractivity contribution < 1.29 is 17.9 Å². The summed E-state index contributed by atoms with van der Waals surface area (Å²) in [5.41, 5.74) is 0. The van der Waals surface area contributed by atoms with Gasteiger partial charge < -0.3 is 10.1 Å². The first-order valence-corrected chi connectivity index (χ1v) is 8.46. The van der Waals surface area contributed by atoms with Crippen molar-refractivity contribution in [3.05, 3.63) is 0 Å². The second kappa shape index (κ2) is 5.03. The monoisotopic (exact) mass is 288 g/mol. The lowest BCUT2D eigenvalue weighted by molar-refractivity contribution is -0.128. The normalized spacial score (nSPS) is 29.2. The highest BCUT2D eigenvalue weighted by Crippen LogP contribution is 2.34. The van der Waals surface area contributed by atoms with Crippen molar-refractivity contribution in [3.8, 4) is 0 Å². The summed E-state index contributed by atoms with van der Waals surface area (Å²) >= 11 is 0. The second-order valence-corrected chi connectivity index (χ2v) is 7.85. The number of sulfonamides is 1. The molecule has 3 rings (SSSR count).